The van der Waals surface area contributed by atoms with E-state index in [4.69, 9.17) is 0 Å². The molecule has 0 aliphatic heterocycles. The number of aryl methyl sites for hydroxylation is 1. The molecule has 0 saturated carbocycles. The highest BCUT2D eigenvalue weighted by Gasteiger charge is 2.36. The molecule has 1 heterocycles. The summed E-state index contributed by atoms with van der Waals surface area (Å²) >= 11 is 0. The lowest BCUT2D eigenvalue weighted by atomic mass is 10.2. The number of ketones is 1. The van der Waals surface area contributed by atoms with Gasteiger partial charge in [0.25, 0.3) is 5.78 Å². The molecule has 0 radical (unpaired) electrons. The van der Waals surface area contributed by atoms with Crippen molar-refractivity contribution in [3.8, 4) is 0 Å². The summed E-state index contributed by atoms with van der Waals surface area (Å²) in [6, 6.07) is 3.47. The molecule has 0 amide bonds. The van der Waals surface area contributed by atoms with E-state index in [0.717, 1.165) is 5.56 Å². The van der Waals surface area contributed by atoms with E-state index in [-0.39, 0.29) is 5.70 Å². The molecule has 0 fully saturated rings. The number of carbonyl (C=O) groups excluding carboxylic acids is 1. The first-order chi connectivity index (χ1) is 9.70. The first-order valence-corrected chi connectivity index (χ1v) is 6.06. The Balaban J connectivity index is 3.06. The van der Waals surface area contributed by atoms with E-state index in [1.807, 2.05) is 0 Å². The van der Waals surface area contributed by atoms with E-state index < -0.39 is 12.0 Å². The summed E-state index contributed by atoms with van der Waals surface area (Å²) in [5.41, 5.74) is 0.758. The predicted octanol–water partition coefficient (Wildman–Crippen LogP) is 2.89. The van der Waals surface area contributed by atoms with Crippen molar-refractivity contribution in [2.75, 3.05) is 19.4 Å². The van der Waals surface area contributed by atoms with Gasteiger partial charge in [-0.05, 0) is 24.6 Å². The third kappa shape index (κ3) is 5.68. The standard InChI is InChI=1S/C14H16F3N3O/c1-10-5-4-7-18-13(10)19-11(6-8-20(2)3)9-12(21)14(15,16)17/h4-9H,1-3H3,(H,18,19)/b8-6+,11-9-. The monoisotopic (exact) mass is 299 g/mol. The molecule has 0 unspecified atom stereocenters. The molecule has 0 aromatic carbocycles. The van der Waals surface area contributed by atoms with E-state index in [1.54, 1.807) is 38.1 Å². The van der Waals surface area contributed by atoms with Crippen molar-refractivity contribution in [2.45, 2.75) is 13.1 Å². The van der Waals surface area contributed by atoms with Crippen LogP contribution in [0.5, 0.6) is 0 Å². The third-order valence-corrected chi connectivity index (χ3v) is 2.39. The Morgan fingerprint density at radius 3 is 2.57 bits per heavy atom. The second kappa shape index (κ2) is 6.92. The van der Waals surface area contributed by atoms with Gasteiger partial charge in [0.1, 0.15) is 5.82 Å². The van der Waals surface area contributed by atoms with Gasteiger partial charge in [0.05, 0.1) is 0 Å². The predicted molar refractivity (Wildman–Crippen MR) is 74.6 cm³/mol. The largest absolute Gasteiger partial charge is 0.454 e. The smallest absolute Gasteiger partial charge is 0.383 e. The molecule has 0 aliphatic rings. The van der Waals surface area contributed by atoms with Gasteiger partial charge in [-0.3, -0.25) is 4.79 Å². The zero-order valence-corrected chi connectivity index (χ0v) is 11.9. The van der Waals surface area contributed by atoms with Gasteiger partial charge in [-0.1, -0.05) is 6.07 Å². The molecular weight excluding hydrogens is 283 g/mol. The zero-order valence-electron chi connectivity index (χ0n) is 11.9. The number of hydrogen-bond donors (Lipinski definition) is 1. The molecule has 1 rings (SSSR count). The number of allylic oxidation sites excluding steroid dienone is 2. The van der Waals surface area contributed by atoms with Gasteiger partial charge >= 0.3 is 6.18 Å². The number of rotatable bonds is 5. The Hall–Kier alpha value is -2.31. The van der Waals surface area contributed by atoms with Crippen LogP contribution in [-0.2, 0) is 4.79 Å². The Kier molecular flexibility index (Phi) is 5.52. The first-order valence-electron chi connectivity index (χ1n) is 6.06. The van der Waals surface area contributed by atoms with E-state index in [1.165, 1.54) is 18.5 Å². The molecule has 0 spiro atoms. The Bertz CT molecular complexity index is 563. The van der Waals surface area contributed by atoms with Crippen molar-refractivity contribution in [2.24, 2.45) is 0 Å². The second-order valence-corrected chi connectivity index (χ2v) is 4.53. The summed E-state index contributed by atoms with van der Waals surface area (Å²) in [6.07, 6.45) is 0.0128. The Morgan fingerprint density at radius 1 is 1.38 bits per heavy atom. The minimum atomic E-state index is -4.90. The molecule has 21 heavy (non-hydrogen) atoms. The average Bonchev–Trinajstić information content (AvgIpc) is 2.37. The normalized spacial score (nSPS) is 12.6. The van der Waals surface area contributed by atoms with Crippen LogP contribution in [0.2, 0.25) is 0 Å². The van der Waals surface area contributed by atoms with Crippen LogP contribution >= 0.6 is 0 Å². The number of hydrogen-bond acceptors (Lipinski definition) is 4. The van der Waals surface area contributed by atoms with Crippen LogP contribution in [-0.4, -0.2) is 35.9 Å². The maximum atomic E-state index is 12.4. The van der Waals surface area contributed by atoms with E-state index in [0.29, 0.717) is 11.9 Å². The topological polar surface area (TPSA) is 45.2 Å². The van der Waals surface area contributed by atoms with Crippen LogP contribution in [0.1, 0.15) is 5.56 Å². The van der Waals surface area contributed by atoms with Gasteiger partial charge in [0, 0.05) is 38.3 Å². The van der Waals surface area contributed by atoms with Crippen molar-refractivity contribution in [3.05, 3.63) is 47.9 Å². The summed E-state index contributed by atoms with van der Waals surface area (Å²) in [6.45, 7) is 1.76. The molecule has 1 N–H and O–H groups in total. The SMILES string of the molecule is Cc1cccnc1NC(=C\C(=O)C(F)(F)F)/C=C/N(C)C. The van der Waals surface area contributed by atoms with Gasteiger partial charge in [-0.2, -0.15) is 13.2 Å². The maximum Gasteiger partial charge on any atom is 0.454 e. The van der Waals surface area contributed by atoms with Crippen LogP contribution in [0.4, 0.5) is 19.0 Å². The summed E-state index contributed by atoms with van der Waals surface area (Å²) in [7, 11) is 3.43. The molecule has 1 aromatic heterocycles. The van der Waals surface area contributed by atoms with Crippen molar-refractivity contribution < 1.29 is 18.0 Å². The fourth-order valence-corrected chi connectivity index (χ4v) is 1.33. The lowest BCUT2D eigenvalue weighted by molar-refractivity contribution is -0.165. The number of halogens is 3. The lowest BCUT2D eigenvalue weighted by Gasteiger charge is -2.11. The second-order valence-electron chi connectivity index (χ2n) is 4.53. The number of pyridine rings is 1. The molecule has 0 bridgehead atoms. The summed E-state index contributed by atoms with van der Waals surface area (Å²) < 4.78 is 37.1. The van der Waals surface area contributed by atoms with Crippen molar-refractivity contribution in [1.29, 1.82) is 0 Å². The average molecular weight is 299 g/mol. The number of alkyl halides is 3. The maximum absolute atomic E-state index is 12.4. The molecule has 114 valence electrons. The van der Waals surface area contributed by atoms with Gasteiger partial charge in [0.2, 0.25) is 0 Å². The van der Waals surface area contributed by atoms with Crippen LogP contribution < -0.4 is 5.32 Å². The first kappa shape index (κ1) is 16.7. The number of anilines is 1. The summed E-state index contributed by atoms with van der Waals surface area (Å²) in [4.78, 5) is 16.7. The van der Waals surface area contributed by atoms with Crippen LogP contribution in [0.25, 0.3) is 0 Å². The molecule has 7 heteroatoms. The molecule has 1 aromatic rings. The number of nitrogens with one attached hydrogen (secondary N) is 1. The van der Waals surface area contributed by atoms with Crippen LogP contribution in [0, 0.1) is 6.92 Å². The molecular formula is C14H16F3N3O. The van der Waals surface area contributed by atoms with Crippen molar-refractivity contribution in [3.63, 3.8) is 0 Å². The van der Waals surface area contributed by atoms with E-state index in [9.17, 15) is 18.0 Å². The number of carbonyl (C=O) groups is 1. The van der Waals surface area contributed by atoms with Crippen molar-refractivity contribution in [1.82, 2.24) is 9.88 Å². The Labute approximate surface area is 121 Å². The molecule has 0 atom stereocenters. The Morgan fingerprint density at radius 2 is 2.05 bits per heavy atom. The number of nitrogens with zero attached hydrogens (tertiary/aromatic N) is 2. The van der Waals surface area contributed by atoms with Gasteiger partial charge in [-0.25, -0.2) is 4.98 Å². The highest BCUT2D eigenvalue weighted by atomic mass is 19.4. The van der Waals surface area contributed by atoms with Gasteiger partial charge in [-0.15, -0.1) is 0 Å². The van der Waals surface area contributed by atoms with E-state index >= 15 is 0 Å². The lowest BCUT2D eigenvalue weighted by Crippen LogP contribution is -2.21. The highest BCUT2D eigenvalue weighted by Crippen LogP contribution is 2.19. The quantitative estimate of drug-likeness (QED) is 0.671. The minimum Gasteiger partial charge on any atom is -0.383 e. The third-order valence-electron chi connectivity index (χ3n) is 2.39. The summed E-state index contributed by atoms with van der Waals surface area (Å²) in [5, 5.41) is 2.72. The van der Waals surface area contributed by atoms with Gasteiger partial charge < -0.3 is 10.2 Å². The number of aromatic nitrogens is 1. The fourth-order valence-electron chi connectivity index (χ4n) is 1.33. The van der Waals surface area contributed by atoms with E-state index in [2.05, 4.69) is 10.3 Å². The highest BCUT2D eigenvalue weighted by molar-refractivity contribution is 5.95. The molecule has 4 nitrogen and oxygen atoms in total. The minimum absolute atomic E-state index is 0.00725. The van der Waals surface area contributed by atoms with Crippen LogP contribution in [0.3, 0.4) is 0 Å². The molecule has 0 aliphatic carbocycles. The van der Waals surface area contributed by atoms with Crippen molar-refractivity contribution >= 4 is 11.6 Å². The summed E-state index contributed by atoms with van der Waals surface area (Å²) in [5.74, 6) is -1.54. The van der Waals surface area contributed by atoms with Gasteiger partial charge in [0.15, 0.2) is 0 Å². The van der Waals surface area contributed by atoms with Crippen LogP contribution in [0.15, 0.2) is 42.4 Å². The zero-order chi connectivity index (χ0) is 16.0. The fraction of sp³-hybridized carbons (Fsp3) is 0.286. The molecule has 0 saturated heterocycles.